The number of β-amino-alcohol motifs (C(OH)–C–C–N with tert-alkyl or cyclic N) is 1. The highest BCUT2D eigenvalue weighted by molar-refractivity contribution is 7.99. The molecule has 1 fully saturated rings. The van der Waals surface area contributed by atoms with Gasteiger partial charge in [0.25, 0.3) is 0 Å². The first-order valence-electron chi connectivity index (χ1n) is 11.1. The number of halogens is 2. The van der Waals surface area contributed by atoms with Gasteiger partial charge in [-0.1, -0.05) is 43.6 Å². The lowest BCUT2D eigenvalue weighted by Crippen LogP contribution is -2.40. The summed E-state index contributed by atoms with van der Waals surface area (Å²) in [5.41, 5.74) is 2.03. The number of nitrogens with zero attached hydrogens (tertiary/aromatic N) is 1. The second kappa shape index (κ2) is 12.4. The molecule has 0 bridgehead atoms. The van der Waals surface area contributed by atoms with Crippen LogP contribution in [0.3, 0.4) is 0 Å². The molecule has 0 amide bonds. The lowest BCUT2D eigenvalue weighted by atomic mass is 9.78. The maximum atomic E-state index is 10.3. The molecule has 0 radical (unpaired) electrons. The van der Waals surface area contributed by atoms with Crippen molar-refractivity contribution in [3.63, 3.8) is 0 Å². The van der Waals surface area contributed by atoms with Gasteiger partial charge in [0.05, 0.1) is 11.6 Å². The van der Waals surface area contributed by atoms with E-state index >= 15 is 0 Å². The van der Waals surface area contributed by atoms with Gasteiger partial charge in [0.2, 0.25) is 0 Å². The van der Waals surface area contributed by atoms with E-state index in [2.05, 4.69) is 36.9 Å². The highest BCUT2D eigenvalue weighted by Gasteiger charge is 2.24. The van der Waals surface area contributed by atoms with E-state index in [9.17, 15) is 5.11 Å². The van der Waals surface area contributed by atoms with E-state index in [-0.39, 0.29) is 5.41 Å². The van der Waals surface area contributed by atoms with Gasteiger partial charge in [-0.25, -0.2) is 0 Å². The number of rotatable bonds is 11. The molecule has 0 saturated carbocycles. The van der Waals surface area contributed by atoms with Crippen molar-refractivity contribution in [2.24, 2.45) is 0 Å². The summed E-state index contributed by atoms with van der Waals surface area (Å²) in [5, 5.41) is 10.9. The molecule has 1 heterocycles. The molecule has 2 aromatic carbocycles. The largest absolute Gasteiger partial charge is 0.492 e. The summed E-state index contributed by atoms with van der Waals surface area (Å²) in [6, 6.07) is 14.0. The maximum Gasteiger partial charge on any atom is 0.137 e. The number of hydrogen-bond donors (Lipinski definition) is 1. The fourth-order valence-electron chi connectivity index (χ4n) is 3.70. The smallest absolute Gasteiger partial charge is 0.137 e. The zero-order valence-electron chi connectivity index (χ0n) is 18.9. The Labute approximate surface area is 206 Å². The Bertz CT molecular complexity index is 842. The van der Waals surface area contributed by atoms with Gasteiger partial charge in [0.1, 0.15) is 24.2 Å². The first-order valence-corrected chi connectivity index (χ1v) is 13.2. The van der Waals surface area contributed by atoms with E-state index in [1.807, 2.05) is 36.0 Å². The van der Waals surface area contributed by atoms with Gasteiger partial charge in [0, 0.05) is 42.4 Å². The highest BCUT2D eigenvalue weighted by Crippen LogP contribution is 2.36. The second-order valence-corrected chi connectivity index (χ2v) is 10.6. The Balaban J connectivity index is 1.57. The number of aliphatic hydroxyl groups excluding tert-OH is 1. The summed E-state index contributed by atoms with van der Waals surface area (Å²) in [5.74, 6) is 4.29. The van der Waals surface area contributed by atoms with Crippen LogP contribution in [0.1, 0.15) is 31.4 Å². The molecule has 32 heavy (non-hydrogen) atoms. The normalized spacial score (nSPS) is 16.0. The third kappa shape index (κ3) is 7.19. The van der Waals surface area contributed by atoms with Crippen LogP contribution in [0.15, 0.2) is 42.5 Å². The Hall–Kier alpha value is -1.11. The number of ether oxygens (including phenoxy) is 2. The van der Waals surface area contributed by atoms with Gasteiger partial charge < -0.3 is 14.6 Å². The number of alkyl halides is 1. The van der Waals surface area contributed by atoms with Crippen LogP contribution in [-0.2, 0) is 5.41 Å². The number of aliphatic hydroxyl groups is 1. The molecule has 0 aliphatic carbocycles. The van der Waals surface area contributed by atoms with Crippen LogP contribution in [0.25, 0.3) is 0 Å². The molecule has 1 atom stereocenters. The van der Waals surface area contributed by atoms with Crippen LogP contribution >= 0.6 is 35.0 Å². The monoisotopic (exact) mass is 497 g/mol. The molecule has 7 heteroatoms. The fourth-order valence-corrected chi connectivity index (χ4v) is 5.03. The Morgan fingerprint density at radius 1 is 1.06 bits per heavy atom. The van der Waals surface area contributed by atoms with Gasteiger partial charge >= 0.3 is 0 Å². The zero-order valence-corrected chi connectivity index (χ0v) is 21.2. The quantitative estimate of drug-likeness (QED) is 0.329. The Kier molecular flexibility index (Phi) is 9.87. The summed E-state index contributed by atoms with van der Waals surface area (Å²) in [7, 11) is 0. The van der Waals surface area contributed by atoms with Crippen molar-refractivity contribution in [2.45, 2.75) is 31.8 Å². The SMILES string of the molecule is CC(C)(c1ccc(OCC(O)CN2CCSCC2)cc1)c1ccc(OCCCCl)c(Cl)c1. The summed E-state index contributed by atoms with van der Waals surface area (Å²) in [6.45, 7) is 7.93. The van der Waals surface area contributed by atoms with E-state index in [4.69, 9.17) is 32.7 Å². The number of hydrogen-bond acceptors (Lipinski definition) is 5. The van der Waals surface area contributed by atoms with E-state index in [0.717, 1.165) is 47.9 Å². The molecule has 1 saturated heterocycles. The first-order chi connectivity index (χ1) is 15.4. The van der Waals surface area contributed by atoms with Gasteiger partial charge in [-0.15, -0.1) is 11.6 Å². The van der Waals surface area contributed by atoms with Crippen molar-refractivity contribution in [3.8, 4) is 11.5 Å². The lowest BCUT2D eigenvalue weighted by molar-refractivity contribution is 0.0715. The fraction of sp³-hybridized carbons (Fsp3) is 0.520. The van der Waals surface area contributed by atoms with Crippen LogP contribution in [0.4, 0.5) is 0 Å². The van der Waals surface area contributed by atoms with Crippen LogP contribution in [0.2, 0.25) is 5.02 Å². The minimum absolute atomic E-state index is 0.234. The van der Waals surface area contributed by atoms with Gasteiger partial charge in [-0.3, -0.25) is 4.90 Å². The van der Waals surface area contributed by atoms with E-state index in [0.29, 0.717) is 36.4 Å². The van der Waals surface area contributed by atoms with E-state index < -0.39 is 6.10 Å². The molecular weight excluding hydrogens is 465 g/mol. The van der Waals surface area contributed by atoms with Crippen molar-refractivity contribution in [1.82, 2.24) is 4.90 Å². The third-order valence-corrected chi connectivity index (χ3v) is 7.29. The average Bonchev–Trinajstić information content (AvgIpc) is 2.80. The first kappa shape index (κ1) is 25.5. The number of thioether (sulfide) groups is 1. The average molecular weight is 499 g/mol. The molecule has 0 spiro atoms. The molecule has 2 aromatic rings. The molecule has 1 aliphatic heterocycles. The Morgan fingerprint density at radius 2 is 1.75 bits per heavy atom. The summed E-state index contributed by atoms with van der Waals surface area (Å²) in [4.78, 5) is 2.30. The van der Waals surface area contributed by atoms with Gasteiger partial charge in [-0.05, 0) is 41.8 Å². The molecule has 3 rings (SSSR count). The topological polar surface area (TPSA) is 41.9 Å². The zero-order chi connectivity index (χ0) is 23.0. The van der Waals surface area contributed by atoms with Crippen molar-refractivity contribution in [2.75, 3.05) is 50.2 Å². The molecule has 1 unspecified atom stereocenters. The molecule has 0 aromatic heterocycles. The van der Waals surface area contributed by atoms with Crippen molar-refractivity contribution in [1.29, 1.82) is 0 Å². The van der Waals surface area contributed by atoms with E-state index in [1.54, 1.807) is 0 Å². The van der Waals surface area contributed by atoms with E-state index in [1.165, 1.54) is 0 Å². The van der Waals surface area contributed by atoms with Crippen LogP contribution < -0.4 is 9.47 Å². The van der Waals surface area contributed by atoms with Crippen LogP contribution in [-0.4, -0.2) is 66.3 Å². The lowest BCUT2D eigenvalue weighted by Gasteiger charge is -2.28. The molecular formula is C25H33Cl2NO3S. The molecule has 1 aliphatic rings. The Morgan fingerprint density at radius 3 is 2.41 bits per heavy atom. The second-order valence-electron chi connectivity index (χ2n) is 8.56. The van der Waals surface area contributed by atoms with Gasteiger partial charge in [0.15, 0.2) is 0 Å². The van der Waals surface area contributed by atoms with Crippen molar-refractivity contribution in [3.05, 3.63) is 58.6 Å². The molecule has 4 nitrogen and oxygen atoms in total. The molecule has 1 N–H and O–H groups in total. The maximum absolute atomic E-state index is 10.3. The predicted octanol–water partition coefficient (Wildman–Crippen LogP) is 5.46. The highest BCUT2D eigenvalue weighted by atomic mass is 35.5. The minimum atomic E-state index is -0.485. The summed E-state index contributed by atoms with van der Waals surface area (Å²) < 4.78 is 11.5. The summed E-state index contributed by atoms with van der Waals surface area (Å²) >= 11 is 14.1. The minimum Gasteiger partial charge on any atom is -0.492 e. The standard InChI is InChI=1S/C25H33Cl2NO3S/c1-25(2,20-6-9-24(23(27)16-20)30-13-3-10-26)19-4-7-22(8-5-19)31-18-21(29)17-28-11-14-32-15-12-28/h4-9,16,21,29H,3,10-15,17-18H2,1-2H3. The third-order valence-electron chi connectivity index (χ3n) is 5.78. The van der Waals surface area contributed by atoms with Crippen molar-refractivity contribution < 1.29 is 14.6 Å². The van der Waals surface area contributed by atoms with Gasteiger partial charge in [-0.2, -0.15) is 11.8 Å². The number of benzene rings is 2. The predicted molar refractivity (Wildman–Crippen MR) is 136 cm³/mol. The van der Waals surface area contributed by atoms with Crippen LogP contribution in [0.5, 0.6) is 11.5 Å². The molecule has 176 valence electrons. The van der Waals surface area contributed by atoms with Crippen molar-refractivity contribution >= 4 is 35.0 Å². The van der Waals surface area contributed by atoms with Crippen LogP contribution in [0, 0.1) is 0 Å². The summed E-state index contributed by atoms with van der Waals surface area (Å²) in [6.07, 6.45) is 0.301.